The van der Waals surface area contributed by atoms with Crippen molar-refractivity contribution >= 4 is 5.69 Å². The lowest BCUT2D eigenvalue weighted by Crippen LogP contribution is -2.23. The van der Waals surface area contributed by atoms with Crippen LogP contribution in [-0.2, 0) is 4.74 Å². The number of benzene rings is 1. The average molecular weight is 226 g/mol. The van der Waals surface area contributed by atoms with Crippen LogP contribution < -0.4 is 10.6 Å². The van der Waals surface area contributed by atoms with E-state index in [4.69, 9.17) is 10.5 Å². The third-order valence-electron chi connectivity index (χ3n) is 2.54. The minimum atomic E-state index is -0.242. The molecule has 0 aromatic heterocycles. The summed E-state index contributed by atoms with van der Waals surface area (Å²) >= 11 is 0. The van der Waals surface area contributed by atoms with Crippen LogP contribution in [0.2, 0.25) is 0 Å². The molecular formula is C12H19FN2O. The molecule has 3 nitrogen and oxygen atoms in total. The van der Waals surface area contributed by atoms with Crippen LogP contribution >= 0.6 is 0 Å². The number of ether oxygens (including phenoxy) is 1. The average Bonchev–Trinajstić information content (AvgIpc) is 2.25. The van der Waals surface area contributed by atoms with Crippen LogP contribution in [0, 0.1) is 5.82 Å². The zero-order chi connectivity index (χ0) is 12.1. The molecule has 1 rings (SSSR count). The lowest BCUT2D eigenvalue weighted by Gasteiger charge is -2.20. The van der Waals surface area contributed by atoms with Crippen LogP contribution in [0.25, 0.3) is 0 Å². The molecule has 0 radical (unpaired) electrons. The summed E-state index contributed by atoms with van der Waals surface area (Å²) in [7, 11) is 3.46. The fourth-order valence-corrected chi connectivity index (χ4v) is 1.46. The van der Waals surface area contributed by atoms with Gasteiger partial charge in [0.15, 0.2) is 0 Å². The summed E-state index contributed by atoms with van der Waals surface area (Å²) in [4.78, 5) is 1.82. The Morgan fingerprint density at radius 2 is 2.19 bits per heavy atom. The molecule has 0 aliphatic heterocycles. The van der Waals surface area contributed by atoms with Gasteiger partial charge in [-0.1, -0.05) is 6.07 Å². The summed E-state index contributed by atoms with van der Waals surface area (Å²) in [5.74, 6) is -0.242. The predicted octanol–water partition coefficient (Wildman–Crippen LogP) is 1.93. The zero-order valence-electron chi connectivity index (χ0n) is 10.0. The van der Waals surface area contributed by atoms with E-state index in [0.29, 0.717) is 18.8 Å². The Labute approximate surface area is 96.0 Å². The van der Waals surface area contributed by atoms with Crippen molar-refractivity contribution in [1.82, 2.24) is 0 Å². The van der Waals surface area contributed by atoms with E-state index in [2.05, 4.69) is 0 Å². The van der Waals surface area contributed by atoms with E-state index in [1.807, 2.05) is 24.9 Å². The van der Waals surface area contributed by atoms with Crippen molar-refractivity contribution in [3.63, 3.8) is 0 Å². The van der Waals surface area contributed by atoms with Crippen LogP contribution in [0.3, 0.4) is 0 Å². The number of halogens is 1. The molecule has 0 spiro atoms. The highest BCUT2D eigenvalue weighted by Crippen LogP contribution is 2.21. The molecule has 0 saturated heterocycles. The third kappa shape index (κ3) is 3.18. The first-order valence-electron chi connectivity index (χ1n) is 5.31. The van der Waals surface area contributed by atoms with Gasteiger partial charge in [-0.3, -0.25) is 0 Å². The van der Waals surface area contributed by atoms with Gasteiger partial charge in [-0.2, -0.15) is 0 Å². The highest BCUT2D eigenvalue weighted by Gasteiger charge is 2.09. The molecule has 16 heavy (non-hydrogen) atoms. The van der Waals surface area contributed by atoms with Gasteiger partial charge in [0.1, 0.15) is 5.82 Å². The summed E-state index contributed by atoms with van der Waals surface area (Å²) in [6.07, 6.45) is 0. The van der Waals surface area contributed by atoms with Crippen molar-refractivity contribution in [3.05, 3.63) is 29.6 Å². The maximum Gasteiger partial charge on any atom is 0.146 e. The lowest BCUT2D eigenvalue weighted by atomic mass is 10.1. The number of nitrogens with two attached hydrogens (primary N) is 1. The second-order valence-electron chi connectivity index (χ2n) is 3.91. The molecule has 4 heteroatoms. The van der Waals surface area contributed by atoms with Crippen molar-refractivity contribution in [2.75, 3.05) is 32.2 Å². The molecule has 0 fully saturated rings. The van der Waals surface area contributed by atoms with Gasteiger partial charge in [0.2, 0.25) is 0 Å². The summed E-state index contributed by atoms with van der Waals surface area (Å²) in [5.41, 5.74) is 7.07. The molecule has 90 valence electrons. The largest absolute Gasteiger partial charge is 0.383 e. The smallest absolute Gasteiger partial charge is 0.146 e. The summed E-state index contributed by atoms with van der Waals surface area (Å²) in [6, 6.07) is 4.95. The van der Waals surface area contributed by atoms with Crippen LogP contribution in [0.4, 0.5) is 10.1 Å². The van der Waals surface area contributed by atoms with E-state index in [-0.39, 0.29) is 11.9 Å². The van der Waals surface area contributed by atoms with Crippen molar-refractivity contribution in [3.8, 4) is 0 Å². The minimum absolute atomic E-state index is 0.146. The van der Waals surface area contributed by atoms with Crippen LogP contribution in [0.5, 0.6) is 0 Å². The van der Waals surface area contributed by atoms with E-state index in [1.165, 1.54) is 6.07 Å². The number of hydrogen-bond acceptors (Lipinski definition) is 3. The van der Waals surface area contributed by atoms with Crippen LogP contribution in [0.1, 0.15) is 18.5 Å². The normalized spacial score (nSPS) is 12.6. The van der Waals surface area contributed by atoms with Gasteiger partial charge >= 0.3 is 0 Å². The summed E-state index contributed by atoms with van der Waals surface area (Å²) in [6.45, 7) is 3.07. The molecule has 0 heterocycles. The van der Waals surface area contributed by atoms with E-state index in [9.17, 15) is 4.39 Å². The topological polar surface area (TPSA) is 38.5 Å². The Morgan fingerprint density at radius 1 is 1.50 bits per heavy atom. The van der Waals surface area contributed by atoms with Gasteiger partial charge in [0.25, 0.3) is 0 Å². The van der Waals surface area contributed by atoms with Gasteiger partial charge < -0.3 is 15.4 Å². The number of likely N-dealkylation sites (N-methyl/N-ethyl adjacent to an activating group) is 1. The Hall–Kier alpha value is -1.13. The maximum atomic E-state index is 13.8. The van der Waals surface area contributed by atoms with Crippen molar-refractivity contribution < 1.29 is 9.13 Å². The second-order valence-corrected chi connectivity index (χ2v) is 3.91. The van der Waals surface area contributed by atoms with Crippen LogP contribution in [-0.4, -0.2) is 27.3 Å². The van der Waals surface area contributed by atoms with Crippen molar-refractivity contribution in [1.29, 1.82) is 0 Å². The van der Waals surface area contributed by atoms with Gasteiger partial charge in [-0.25, -0.2) is 4.39 Å². The monoisotopic (exact) mass is 226 g/mol. The standard InChI is InChI=1S/C12H19FN2O/c1-9(14)10-4-5-12(11(13)8-10)15(2)6-7-16-3/h4-5,8-9H,6-7,14H2,1-3H3/t9-/m0/s1. The third-order valence-corrected chi connectivity index (χ3v) is 2.54. The van der Waals surface area contributed by atoms with E-state index >= 15 is 0 Å². The SMILES string of the molecule is COCCN(C)c1ccc([C@H](C)N)cc1F. The number of nitrogens with zero attached hydrogens (tertiary/aromatic N) is 1. The molecule has 0 amide bonds. The Kier molecular flexibility index (Phi) is 4.71. The Balaban J connectivity index is 2.81. The molecule has 0 unspecified atom stereocenters. The Morgan fingerprint density at radius 3 is 2.69 bits per heavy atom. The van der Waals surface area contributed by atoms with Crippen molar-refractivity contribution in [2.24, 2.45) is 5.73 Å². The van der Waals surface area contributed by atoms with Gasteiger partial charge in [-0.15, -0.1) is 0 Å². The van der Waals surface area contributed by atoms with Gasteiger partial charge in [-0.05, 0) is 24.6 Å². The van der Waals surface area contributed by atoms with Crippen LogP contribution in [0.15, 0.2) is 18.2 Å². The first kappa shape index (κ1) is 12.9. The van der Waals surface area contributed by atoms with Gasteiger partial charge in [0.05, 0.1) is 12.3 Å². The predicted molar refractivity (Wildman–Crippen MR) is 64.1 cm³/mol. The molecule has 0 saturated carbocycles. The van der Waals surface area contributed by atoms with E-state index in [1.54, 1.807) is 13.2 Å². The number of methoxy groups -OCH3 is 1. The summed E-state index contributed by atoms with van der Waals surface area (Å²) < 4.78 is 18.7. The molecule has 0 aliphatic carbocycles. The first-order chi connectivity index (χ1) is 7.56. The fraction of sp³-hybridized carbons (Fsp3) is 0.500. The molecular weight excluding hydrogens is 207 g/mol. The number of rotatable bonds is 5. The van der Waals surface area contributed by atoms with E-state index in [0.717, 1.165) is 5.56 Å². The van der Waals surface area contributed by atoms with Gasteiger partial charge in [0, 0.05) is 26.7 Å². The van der Waals surface area contributed by atoms with E-state index < -0.39 is 0 Å². The molecule has 1 aromatic carbocycles. The summed E-state index contributed by atoms with van der Waals surface area (Å²) in [5, 5.41) is 0. The highest BCUT2D eigenvalue weighted by molar-refractivity contribution is 5.48. The molecule has 1 aromatic rings. The first-order valence-corrected chi connectivity index (χ1v) is 5.31. The Bertz CT molecular complexity index is 342. The maximum absolute atomic E-state index is 13.8. The number of anilines is 1. The van der Waals surface area contributed by atoms with Crippen molar-refractivity contribution in [2.45, 2.75) is 13.0 Å². The minimum Gasteiger partial charge on any atom is -0.383 e. The number of hydrogen-bond donors (Lipinski definition) is 1. The fourth-order valence-electron chi connectivity index (χ4n) is 1.46. The second kappa shape index (κ2) is 5.82. The quantitative estimate of drug-likeness (QED) is 0.833. The highest BCUT2D eigenvalue weighted by atomic mass is 19.1. The molecule has 0 bridgehead atoms. The zero-order valence-corrected chi connectivity index (χ0v) is 10.0. The molecule has 2 N–H and O–H groups in total. The lowest BCUT2D eigenvalue weighted by molar-refractivity contribution is 0.206. The molecule has 0 aliphatic rings. The molecule has 1 atom stereocenters.